The van der Waals surface area contributed by atoms with Crippen LogP contribution in [0.15, 0.2) is 29.2 Å². The van der Waals surface area contributed by atoms with Gasteiger partial charge in [0.25, 0.3) is 0 Å². The average Bonchev–Trinajstić information content (AvgIpc) is 3.12. The Morgan fingerprint density at radius 1 is 1.44 bits per heavy atom. The summed E-state index contributed by atoms with van der Waals surface area (Å²) in [5.74, 6) is 1.13. The second-order valence-corrected chi connectivity index (χ2v) is 5.65. The third kappa shape index (κ3) is 2.59. The lowest BCUT2D eigenvalue weighted by atomic mass is 10.0. The minimum Gasteiger partial charge on any atom is -0.387 e. The van der Waals surface area contributed by atoms with Crippen LogP contribution in [0.3, 0.4) is 0 Å². The van der Waals surface area contributed by atoms with E-state index in [1.54, 1.807) is 11.8 Å². The molecule has 2 rings (SSSR count). The zero-order valence-corrected chi connectivity index (χ0v) is 10.5. The van der Waals surface area contributed by atoms with Crippen LogP contribution in [-0.2, 0) is 0 Å². The van der Waals surface area contributed by atoms with Crippen molar-refractivity contribution in [3.05, 3.63) is 29.8 Å². The molecule has 0 radical (unpaired) electrons. The topological polar surface area (TPSA) is 46.2 Å². The number of hydrogen-bond acceptors (Lipinski definition) is 3. The van der Waals surface area contributed by atoms with Crippen molar-refractivity contribution >= 4 is 11.8 Å². The molecule has 1 aliphatic rings. The molecule has 2 nitrogen and oxygen atoms in total. The van der Waals surface area contributed by atoms with E-state index in [1.165, 1.54) is 10.5 Å². The van der Waals surface area contributed by atoms with Gasteiger partial charge in [0.15, 0.2) is 0 Å². The van der Waals surface area contributed by atoms with Crippen LogP contribution in [-0.4, -0.2) is 23.0 Å². The second-order valence-electron chi connectivity index (χ2n) is 4.64. The summed E-state index contributed by atoms with van der Waals surface area (Å²) in [6.45, 7) is 2.47. The van der Waals surface area contributed by atoms with Gasteiger partial charge in [-0.15, -0.1) is 11.8 Å². The van der Waals surface area contributed by atoms with Gasteiger partial charge in [0.05, 0.1) is 5.60 Å². The van der Waals surface area contributed by atoms with Gasteiger partial charge in [0, 0.05) is 17.2 Å². The quantitative estimate of drug-likeness (QED) is 0.772. The summed E-state index contributed by atoms with van der Waals surface area (Å²) in [5, 5.41) is 10.4. The molecule has 88 valence electrons. The van der Waals surface area contributed by atoms with Crippen molar-refractivity contribution in [3.8, 4) is 0 Å². The van der Waals surface area contributed by atoms with Crippen molar-refractivity contribution in [2.24, 2.45) is 11.7 Å². The molecule has 0 spiro atoms. The summed E-state index contributed by atoms with van der Waals surface area (Å²) < 4.78 is 0. The van der Waals surface area contributed by atoms with E-state index in [1.807, 2.05) is 12.1 Å². The SMILES string of the molecule is Cc1ccccc1SCC(O)(CN)C1CC1. The number of nitrogens with two attached hydrogens (primary N) is 1. The molecule has 0 aliphatic heterocycles. The Hall–Kier alpha value is -0.510. The minimum atomic E-state index is -0.660. The predicted molar refractivity (Wildman–Crippen MR) is 68.6 cm³/mol. The van der Waals surface area contributed by atoms with Crippen molar-refractivity contribution in [2.45, 2.75) is 30.3 Å². The van der Waals surface area contributed by atoms with Gasteiger partial charge < -0.3 is 10.8 Å². The molecule has 1 fully saturated rings. The van der Waals surface area contributed by atoms with Gasteiger partial charge in [-0.1, -0.05) is 18.2 Å². The normalized spacial score (nSPS) is 19.4. The molecule has 3 heteroatoms. The molecule has 0 amide bonds. The maximum absolute atomic E-state index is 10.4. The van der Waals surface area contributed by atoms with Gasteiger partial charge in [-0.3, -0.25) is 0 Å². The summed E-state index contributed by atoms with van der Waals surface area (Å²) in [6, 6.07) is 8.27. The molecule has 1 atom stereocenters. The number of aryl methyl sites for hydroxylation is 1. The minimum absolute atomic E-state index is 0.372. The van der Waals surface area contributed by atoms with Crippen molar-refractivity contribution in [3.63, 3.8) is 0 Å². The lowest BCUT2D eigenvalue weighted by Crippen LogP contribution is -2.42. The summed E-state index contributed by atoms with van der Waals surface area (Å²) in [7, 11) is 0. The van der Waals surface area contributed by atoms with E-state index in [0.717, 1.165) is 12.8 Å². The number of benzene rings is 1. The fourth-order valence-electron chi connectivity index (χ4n) is 1.89. The number of thioether (sulfide) groups is 1. The first-order valence-corrected chi connectivity index (χ1v) is 6.75. The smallest absolute Gasteiger partial charge is 0.0890 e. The molecule has 1 aromatic carbocycles. The van der Waals surface area contributed by atoms with Gasteiger partial charge in [-0.05, 0) is 37.3 Å². The zero-order valence-electron chi connectivity index (χ0n) is 9.65. The lowest BCUT2D eigenvalue weighted by molar-refractivity contribution is 0.0510. The Morgan fingerprint density at radius 2 is 2.12 bits per heavy atom. The number of hydrogen-bond donors (Lipinski definition) is 2. The van der Waals surface area contributed by atoms with E-state index >= 15 is 0 Å². The van der Waals surface area contributed by atoms with Crippen LogP contribution in [0.4, 0.5) is 0 Å². The first-order valence-electron chi connectivity index (χ1n) is 5.76. The molecule has 1 unspecified atom stereocenters. The highest BCUT2D eigenvalue weighted by molar-refractivity contribution is 7.99. The molecule has 16 heavy (non-hydrogen) atoms. The largest absolute Gasteiger partial charge is 0.387 e. The summed E-state index contributed by atoms with van der Waals surface area (Å²) >= 11 is 1.72. The predicted octanol–water partition coefficient (Wildman–Crippen LogP) is 2.19. The molecule has 1 saturated carbocycles. The van der Waals surface area contributed by atoms with Gasteiger partial charge in [-0.2, -0.15) is 0 Å². The monoisotopic (exact) mass is 237 g/mol. The van der Waals surface area contributed by atoms with E-state index in [4.69, 9.17) is 5.73 Å². The van der Waals surface area contributed by atoms with Crippen molar-refractivity contribution in [2.75, 3.05) is 12.3 Å². The van der Waals surface area contributed by atoms with Crippen molar-refractivity contribution in [1.29, 1.82) is 0 Å². The summed E-state index contributed by atoms with van der Waals surface area (Å²) in [6.07, 6.45) is 2.25. The molecule has 0 aromatic heterocycles. The van der Waals surface area contributed by atoms with E-state index < -0.39 is 5.60 Å². The molecule has 3 N–H and O–H groups in total. The number of aliphatic hydroxyl groups is 1. The summed E-state index contributed by atoms with van der Waals surface area (Å²) in [5.41, 5.74) is 6.29. The van der Waals surface area contributed by atoms with Crippen LogP contribution in [0.5, 0.6) is 0 Å². The Kier molecular flexibility index (Phi) is 3.57. The molecule has 0 bridgehead atoms. The summed E-state index contributed by atoms with van der Waals surface area (Å²) in [4.78, 5) is 1.25. The Balaban J connectivity index is 1.98. The Bertz CT molecular complexity index is 365. The third-order valence-corrected chi connectivity index (χ3v) is 4.68. The highest BCUT2D eigenvalue weighted by Crippen LogP contribution is 2.42. The van der Waals surface area contributed by atoms with Crippen LogP contribution >= 0.6 is 11.8 Å². The molecule has 0 heterocycles. The molecular formula is C13H19NOS. The fraction of sp³-hybridized carbons (Fsp3) is 0.538. The Morgan fingerprint density at radius 3 is 2.69 bits per heavy atom. The zero-order chi connectivity index (χ0) is 11.6. The molecular weight excluding hydrogens is 218 g/mol. The van der Waals surface area contributed by atoms with Crippen LogP contribution < -0.4 is 5.73 Å². The molecule has 1 aliphatic carbocycles. The van der Waals surface area contributed by atoms with Crippen LogP contribution in [0.25, 0.3) is 0 Å². The maximum atomic E-state index is 10.4. The first kappa shape index (κ1) is 12.0. The highest BCUT2D eigenvalue weighted by atomic mass is 32.2. The number of rotatable bonds is 5. The standard InChI is InChI=1S/C13H19NOS/c1-10-4-2-3-5-12(10)16-9-13(15,8-14)11-6-7-11/h2-5,11,15H,6-9,14H2,1H3. The van der Waals surface area contributed by atoms with Crippen molar-refractivity contribution in [1.82, 2.24) is 0 Å². The van der Waals surface area contributed by atoms with Gasteiger partial charge in [0.1, 0.15) is 0 Å². The van der Waals surface area contributed by atoms with Crippen LogP contribution in [0.1, 0.15) is 18.4 Å². The van der Waals surface area contributed by atoms with Gasteiger partial charge in [0.2, 0.25) is 0 Å². The van der Waals surface area contributed by atoms with E-state index in [2.05, 4.69) is 19.1 Å². The first-order chi connectivity index (χ1) is 7.65. The molecule has 1 aromatic rings. The third-order valence-electron chi connectivity index (χ3n) is 3.26. The van der Waals surface area contributed by atoms with Crippen molar-refractivity contribution < 1.29 is 5.11 Å². The fourth-order valence-corrected chi connectivity index (χ4v) is 3.11. The maximum Gasteiger partial charge on any atom is 0.0890 e. The van der Waals surface area contributed by atoms with E-state index in [9.17, 15) is 5.11 Å². The van der Waals surface area contributed by atoms with Crippen LogP contribution in [0, 0.1) is 12.8 Å². The van der Waals surface area contributed by atoms with E-state index in [-0.39, 0.29) is 0 Å². The van der Waals surface area contributed by atoms with Gasteiger partial charge in [-0.25, -0.2) is 0 Å². The van der Waals surface area contributed by atoms with E-state index in [0.29, 0.717) is 18.2 Å². The highest BCUT2D eigenvalue weighted by Gasteiger charge is 2.42. The lowest BCUT2D eigenvalue weighted by Gasteiger charge is -2.26. The second kappa shape index (κ2) is 4.78. The Labute approximate surface area is 101 Å². The average molecular weight is 237 g/mol. The molecule has 0 saturated heterocycles. The van der Waals surface area contributed by atoms with Crippen LogP contribution in [0.2, 0.25) is 0 Å². The van der Waals surface area contributed by atoms with Gasteiger partial charge >= 0.3 is 0 Å².